The summed E-state index contributed by atoms with van der Waals surface area (Å²) < 4.78 is 62.8. The molecule has 0 saturated carbocycles. The van der Waals surface area contributed by atoms with Crippen molar-refractivity contribution in [2.45, 2.75) is 63.9 Å². The molecule has 0 radical (unpaired) electrons. The van der Waals surface area contributed by atoms with Gasteiger partial charge < -0.3 is 52.1 Å². The number of hydrogen-bond donors (Lipinski definition) is 0. The summed E-state index contributed by atoms with van der Waals surface area (Å²) in [5, 5.41) is 0. The summed E-state index contributed by atoms with van der Waals surface area (Å²) in [6, 6.07) is 31.0. The fourth-order valence-corrected chi connectivity index (χ4v) is 6.44. The number of rotatable bonds is 43. The first-order valence-corrected chi connectivity index (χ1v) is 22.5. The van der Waals surface area contributed by atoms with E-state index >= 15 is 0 Å². The molecule has 0 unspecified atom stereocenters. The minimum Gasteiger partial charge on any atom is -0.379 e. The van der Waals surface area contributed by atoms with Gasteiger partial charge in [-0.25, -0.2) is 0 Å². The Hall–Kier alpha value is -2.78. The van der Waals surface area contributed by atoms with Gasteiger partial charge >= 0.3 is 0 Å². The van der Waals surface area contributed by atoms with Crippen LogP contribution in [0.4, 0.5) is 0 Å². The first kappa shape index (κ1) is 51.6. The van der Waals surface area contributed by atoms with Gasteiger partial charge in [0.1, 0.15) is 5.60 Å². The molecule has 0 aliphatic heterocycles. The predicted octanol–water partition coefficient (Wildman–Crippen LogP) is 8.30. The summed E-state index contributed by atoms with van der Waals surface area (Å²) in [6.07, 6.45) is 10.5. The summed E-state index contributed by atoms with van der Waals surface area (Å²) >= 11 is 0. The highest BCUT2D eigenvalue weighted by Crippen LogP contribution is 2.40. The van der Waals surface area contributed by atoms with E-state index in [0.717, 1.165) is 29.7 Å². The zero-order chi connectivity index (χ0) is 42.1. The van der Waals surface area contributed by atoms with Crippen molar-refractivity contribution < 1.29 is 52.1 Å². The van der Waals surface area contributed by atoms with Gasteiger partial charge in [0.05, 0.1) is 132 Å². The highest BCUT2D eigenvalue weighted by molar-refractivity contribution is 5.47. The zero-order valence-electron chi connectivity index (χ0n) is 36.7. The van der Waals surface area contributed by atoms with Crippen LogP contribution in [-0.2, 0) is 57.7 Å². The molecule has 11 heteroatoms. The second kappa shape index (κ2) is 37.9. The standard InChI is InChI=1S/C49H76O11/c1-2-3-4-5-6-7-8-18-25-50-26-27-51-28-29-52-30-31-53-32-33-54-34-35-55-36-37-56-38-39-57-40-41-58-42-43-59-44-45-60-49(46-19-12-9-13-20-46,47-21-14-10-15-22-47)48-23-16-11-17-24-48/h9-17,19-24H,2-8,18,25-45H2,1H3. The maximum absolute atomic E-state index is 6.74. The molecule has 0 aromatic heterocycles. The first-order chi connectivity index (χ1) is 29.9. The smallest absolute Gasteiger partial charge is 0.143 e. The molecule has 3 aromatic carbocycles. The molecular weight excluding hydrogens is 765 g/mol. The average Bonchev–Trinajstić information content (AvgIpc) is 3.29. The third-order valence-corrected chi connectivity index (χ3v) is 9.58. The highest BCUT2D eigenvalue weighted by Gasteiger charge is 2.37. The molecule has 0 amide bonds. The fraction of sp³-hybridized carbons (Fsp3) is 0.633. The maximum atomic E-state index is 6.74. The lowest BCUT2D eigenvalue weighted by Gasteiger charge is -2.36. The van der Waals surface area contributed by atoms with Crippen LogP contribution >= 0.6 is 0 Å². The molecular formula is C49H76O11. The Morgan fingerprint density at radius 2 is 0.500 bits per heavy atom. The number of ether oxygens (including phenoxy) is 11. The van der Waals surface area contributed by atoms with E-state index in [2.05, 4.69) is 43.3 Å². The molecule has 0 atom stereocenters. The molecule has 0 bridgehead atoms. The molecule has 3 rings (SSSR count). The molecule has 0 saturated heterocycles. The summed E-state index contributed by atoms with van der Waals surface area (Å²) in [6.45, 7) is 13.4. The molecule has 338 valence electrons. The fourth-order valence-electron chi connectivity index (χ4n) is 6.44. The van der Waals surface area contributed by atoms with Crippen molar-refractivity contribution in [3.8, 4) is 0 Å². The third-order valence-electron chi connectivity index (χ3n) is 9.58. The molecule has 3 aromatic rings. The quantitative estimate of drug-likeness (QED) is 0.0407. The minimum atomic E-state index is -0.750. The van der Waals surface area contributed by atoms with E-state index in [1.54, 1.807) is 0 Å². The average molecular weight is 841 g/mol. The van der Waals surface area contributed by atoms with E-state index < -0.39 is 5.60 Å². The van der Waals surface area contributed by atoms with Crippen LogP contribution in [0.2, 0.25) is 0 Å². The van der Waals surface area contributed by atoms with Crippen LogP contribution in [0.5, 0.6) is 0 Å². The van der Waals surface area contributed by atoms with E-state index in [9.17, 15) is 0 Å². The van der Waals surface area contributed by atoms with Crippen molar-refractivity contribution in [1.29, 1.82) is 0 Å². The normalized spacial score (nSPS) is 11.8. The Labute approximate surface area is 361 Å². The van der Waals surface area contributed by atoms with Gasteiger partial charge in [-0.05, 0) is 23.1 Å². The van der Waals surface area contributed by atoms with Crippen LogP contribution in [0.3, 0.4) is 0 Å². The van der Waals surface area contributed by atoms with Crippen molar-refractivity contribution in [3.63, 3.8) is 0 Å². The molecule has 0 N–H and O–H groups in total. The van der Waals surface area contributed by atoms with Crippen LogP contribution < -0.4 is 0 Å². The lowest BCUT2D eigenvalue weighted by molar-refractivity contribution is -0.0399. The van der Waals surface area contributed by atoms with E-state index in [0.29, 0.717) is 132 Å². The van der Waals surface area contributed by atoms with Crippen molar-refractivity contribution in [1.82, 2.24) is 0 Å². The largest absolute Gasteiger partial charge is 0.379 e. The van der Waals surface area contributed by atoms with E-state index in [1.807, 2.05) is 54.6 Å². The second-order valence-corrected chi connectivity index (χ2v) is 14.2. The van der Waals surface area contributed by atoms with Crippen LogP contribution in [0.25, 0.3) is 0 Å². The Bertz CT molecular complexity index is 1220. The molecule has 0 heterocycles. The first-order valence-electron chi connectivity index (χ1n) is 22.5. The molecule has 60 heavy (non-hydrogen) atoms. The van der Waals surface area contributed by atoms with Gasteiger partial charge in [-0.15, -0.1) is 0 Å². The highest BCUT2D eigenvalue weighted by atomic mass is 16.6. The lowest BCUT2D eigenvalue weighted by Crippen LogP contribution is -2.34. The summed E-state index contributed by atoms with van der Waals surface area (Å²) in [5.74, 6) is 0. The number of hydrogen-bond acceptors (Lipinski definition) is 11. The molecule has 0 fully saturated rings. The third kappa shape index (κ3) is 24.6. The molecule has 0 spiro atoms. The monoisotopic (exact) mass is 841 g/mol. The lowest BCUT2D eigenvalue weighted by atomic mass is 9.80. The molecule has 0 aliphatic carbocycles. The van der Waals surface area contributed by atoms with Crippen molar-refractivity contribution >= 4 is 0 Å². The van der Waals surface area contributed by atoms with Crippen LogP contribution in [0.15, 0.2) is 91.0 Å². The predicted molar refractivity (Wildman–Crippen MR) is 236 cm³/mol. The van der Waals surface area contributed by atoms with Gasteiger partial charge in [-0.1, -0.05) is 143 Å². The van der Waals surface area contributed by atoms with E-state index in [1.165, 1.54) is 44.9 Å². The van der Waals surface area contributed by atoms with Gasteiger partial charge in [0.25, 0.3) is 0 Å². The maximum Gasteiger partial charge on any atom is 0.143 e. The Morgan fingerprint density at radius 1 is 0.267 bits per heavy atom. The topological polar surface area (TPSA) is 102 Å². The Kier molecular flexibility index (Phi) is 32.6. The zero-order valence-corrected chi connectivity index (χ0v) is 36.7. The summed E-state index contributed by atoms with van der Waals surface area (Å²) in [5.41, 5.74) is 2.46. The van der Waals surface area contributed by atoms with Crippen LogP contribution in [0.1, 0.15) is 75.0 Å². The summed E-state index contributed by atoms with van der Waals surface area (Å²) in [7, 11) is 0. The minimum absolute atomic E-state index is 0.418. The Morgan fingerprint density at radius 3 is 0.783 bits per heavy atom. The van der Waals surface area contributed by atoms with Gasteiger partial charge in [-0.3, -0.25) is 0 Å². The van der Waals surface area contributed by atoms with E-state index in [4.69, 9.17) is 52.1 Å². The molecule has 11 nitrogen and oxygen atoms in total. The van der Waals surface area contributed by atoms with E-state index in [-0.39, 0.29) is 0 Å². The van der Waals surface area contributed by atoms with Crippen LogP contribution in [0, 0.1) is 0 Å². The Balaban J connectivity index is 1.01. The van der Waals surface area contributed by atoms with Crippen molar-refractivity contribution in [2.24, 2.45) is 0 Å². The van der Waals surface area contributed by atoms with Crippen molar-refractivity contribution in [3.05, 3.63) is 108 Å². The SMILES string of the molecule is CCCCCCCCCCOCCOCCOCCOCCOCCOCCOCCOCCOCCOCCOC(c1ccccc1)(c1ccccc1)c1ccccc1. The number of benzene rings is 3. The van der Waals surface area contributed by atoms with Gasteiger partial charge in [0.15, 0.2) is 0 Å². The van der Waals surface area contributed by atoms with Crippen LogP contribution in [-0.4, -0.2) is 139 Å². The van der Waals surface area contributed by atoms with Gasteiger partial charge in [-0.2, -0.15) is 0 Å². The number of unbranched alkanes of at least 4 members (excludes halogenated alkanes) is 7. The second-order valence-electron chi connectivity index (χ2n) is 14.2. The summed E-state index contributed by atoms with van der Waals surface area (Å²) in [4.78, 5) is 0. The molecule has 0 aliphatic rings. The van der Waals surface area contributed by atoms with Gasteiger partial charge in [0.2, 0.25) is 0 Å². The van der Waals surface area contributed by atoms with Crippen molar-refractivity contribution in [2.75, 3.05) is 139 Å². The van der Waals surface area contributed by atoms with Gasteiger partial charge in [0, 0.05) is 6.61 Å².